The van der Waals surface area contributed by atoms with E-state index >= 15 is 0 Å². The molecule has 1 saturated heterocycles. The summed E-state index contributed by atoms with van der Waals surface area (Å²) in [5.41, 5.74) is -0.800. The minimum atomic E-state index is -4.78. The zero-order valence-electron chi connectivity index (χ0n) is 25.5. The van der Waals surface area contributed by atoms with E-state index in [-0.39, 0.29) is 23.9 Å². The second-order valence-corrected chi connectivity index (χ2v) is 12.1. The Morgan fingerprint density at radius 1 is 0.891 bits per heavy atom. The summed E-state index contributed by atoms with van der Waals surface area (Å²) in [5, 5.41) is 23.7. The number of halogens is 3. The number of carbonyl (C=O) groups is 2. The first-order valence-electron chi connectivity index (χ1n) is 15.5. The first kappa shape index (κ1) is 32.8. The van der Waals surface area contributed by atoms with Crippen LogP contribution in [0.3, 0.4) is 0 Å². The first-order valence-corrected chi connectivity index (χ1v) is 15.5. The normalized spacial score (nSPS) is 17.1. The van der Waals surface area contributed by atoms with Crippen LogP contribution in [0.2, 0.25) is 0 Å². The Hall–Kier alpha value is -4.62. The molecule has 3 aromatic carbocycles. The maximum Gasteiger partial charge on any atom is 0.417 e. The van der Waals surface area contributed by atoms with Gasteiger partial charge in [0, 0.05) is 49.5 Å². The Morgan fingerprint density at radius 3 is 2.20 bits per heavy atom. The van der Waals surface area contributed by atoms with Crippen molar-refractivity contribution < 1.29 is 27.9 Å². The highest BCUT2D eigenvalue weighted by Gasteiger charge is 2.44. The van der Waals surface area contributed by atoms with Gasteiger partial charge < -0.3 is 20.2 Å². The fourth-order valence-electron chi connectivity index (χ4n) is 6.48. The summed E-state index contributed by atoms with van der Waals surface area (Å²) >= 11 is 0. The Balaban J connectivity index is 1.32. The number of nitrogens with one attached hydrogen (secondary N) is 1. The van der Waals surface area contributed by atoms with Crippen molar-refractivity contribution in [2.24, 2.45) is 5.92 Å². The third-order valence-electron chi connectivity index (χ3n) is 9.08. The van der Waals surface area contributed by atoms with Gasteiger partial charge in [-0.25, -0.2) is 0 Å². The SMILES string of the molecule is C=C(c1cccc(CC(O)(C(=O)Nc2ccc(C#N)c(C(F)(F)F)c2)C2CCCCC2)c1)N1CCN(C(=O)c2ccccc2)CC1. The van der Waals surface area contributed by atoms with Crippen molar-refractivity contribution in [2.75, 3.05) is 31.5 Å². The van der Waals surface area contributed by atoms with E-state index in [1.54, 1.807) is 12.1 Å². The Kier molecular flexibility index (Phi) is 9.82. The molecule has 7 nitrogen and oxygen atoms in total. The van der Waals surface area contributed by atoms with Gasteiger partial charge in [-0.3, -0.25) is 9.59 Å². The lowest BCUT2D eigenvalue weighted by Crippen LogP contribution is -2.51. The van der Waals surface area contributed by atoms with Crippen LogP contribution in [-0.4, -0.2) is 58.5 Å². The van der Waals surface area contributed by atoms with Crippen molar-refractivity contribution in [1.29, 1.82) is 5.26 Å². The fraction of sp³-hybridized carbons (Fsp3) is 0.361. The van der Waals surface area contributed by atoms with Gasteiger partial charge in [0.1, 0.15) is 5.60 Å². The zero-order chi connectivity index (χ0) is 32.9. The van der Waals surface area contributed by atoms with E-state index in [2.05, 4.69) is 16.8 Å². The van der Waals surface area contributed by atoms with Crippen LogP contribution in [-0.2, 0) is 17.4 Å². The molecule has 2 fully saturated rings. The predicted octanol–water partition coefficient (Wildman–Crippen LogP) is 6.50. The van der Waals surface area contributed by atoms with Crippen molar-refractivity contribution >= 4 is 23.2 Å². The highest BCUT2D eigenvalue weighted by molar-refractivity contribution is 5.98. The Bertz CT molecular complexity index is 1620. The minimum Gasteiger partial charge on any atom is -0.379 e. The number of hydrogen-bond donors (Lipinski definition) is 2. The molecule has 0 aromatic heterocycles. The predicted molar refractivity (Wildman–Crippen MR) is 169 cm³/mol. The highest BCUT2D eigenvalue weighted by Crippen LogP contribution is 2.38. The summed E-state index contributed by atoms with van der Waals surface area (Å²) in [6, 6.07) is 21.1. The number of benzene rings is 3. The molecule has 0 spiro atoms. The maximum absolute atomic E-state index is 13.7. The second kappa shape index (κ2) is 13.8. The molecule has 0 radical (unpaired) electrons. The Morgan fingerprint density at radius 2 is 1.54 bits per heavy atom. The van der Waals surface area contributed by atoms with Gasteiger partial charge in [-0.15, -0.1) is 0 Å². The van der Waals surface area contributed by atoms with Crippen LogP contribution in [0, 0.1) is 17.2 Å². The van der Waals surface area contributed by atoms with Crippen molar-refractivity contribution in [2.45, 2.75) is 50.3 Å². The molecule has 240 valence electrons. The molecule has 2 aliphatic rings. The van der Waals surface area contributed by atoms with E-state index in [4.69, 9.17) is 5.26 Å². The molecule has 1 aliphatic heterocycles. The molecule has 1 saturated carbocycles. The molecular weight excluding hydrogens is 593 g/mol. The van der Waals surface area contributed by atoms with E-state index in [0.29, 0.717) is 50.1 Å². The number of aliphatic hydroxyl groups is 1. The lowest BCUT2D eigenvalue weighted by molar-refractivity contribution is -0.142. The molecule has 3 aromatic rings. The van der Waals surface area contributed by atoms with Crippen LogP contribution in [0.5, 0.6) is 0 Å². The van der Waals surface area contributed by atoms with E-state index in [0.717, 1.165) is 42.7 Å². The van der Waals surface area contributed by atoms with Gasteiger partial charge in [0.05, 0.1) is 17.2 Å². The fourth-order valence-corrected chi connectivity index (χ4v) is 6.48. The molecule has 46 heavy (non-hydrogen) atoms. The van der Waals surface area contributed by atoms with Crippen LogP contribution < -0.4 is 5.32 Å². The van der Waals surface area contributed by atoms with Gasteiger partial charge in [-0.05, 0) is 66.3 Å². The molecular formula is C36H37F3N4O3. The molecule has 5 rings (SSSR count). The lowest BCUT2D eigenvalue weighted by Gasteiger charge is -2.38. The third-order valence-corrected chi connectivity index (χ3v) is 9.08. The van der Waals surface area contributed by atoms with Crippen molar-refractivity contribution in [3.05, 3.63) is 107 Å². The Labute approximate surface area is 266 Å². The number of alkyl halides is 3. The molecule has 1 unspecified atom stereocenters. The zero-order valence-corrected chi connectivity index (χ0v) is 25.5. The molecule has 1 aliphatic carbocycles. The average molecular weight is 631 g/mol. The summed E-state index contributed by atoms with van der Waals surface area (Å²) in [5.74, 6) is -1.17. The summed E-state index contributed by atoms with van der Waals surface area (Å²) in [6.45, 7) is 6.58. The van der Waals surface area contributed by atoms with Gasteiger partial charge in [0.2, 0.25) is 0 Å². The van der Waals surface area contributed by atoms with Crippen molar-refractivity contribution in [3.63, 3.8) is 0 Å². The number of nitrogens with zero attached hydrogens (tertiary/aromatic N) is 3. The van der Waals surface area contributed by atoms with E-state index in [9.17, 15) is 27.9 Å². The van der Waals surface area contributed by atoms with Gasteiger partial charge >= 0.3 is 6.18 Å². The summed E-state index contributed by atoms with van der Waals surface area (Å²) in [7, 11) is 0. The first-order chi connectivity index (χ1) is 22.0. The highest BCUT2D eigenvalue weighted by atomic mass is 19.4. The minimum absolute atomic E-state index is 0.0104. The molecule has 2 amide bonds. The summed E-state index contributed by atoms with van der Waals surface area (Å²) < 4.78 is 40.8. The standard InChI is InChI=1S/C36H37F3N4O3/c1-25(42-17-19-43(20-18-42)33(44)27-10-4-2-5-11-27)28-12-8-9-26(21-28)23-35(46,30-13-6-3-7-14-30)34(45)41-31-16-15-29(24-40)32(22-31)36(37,38)39/h2,4-5,8-12,15-16,21-22,30,46H,1,3,6-7,13-14,17-20,23H2,(H,41,45). The van der Waals surface area contributed by atoms with Gasteiger partial charge in [0.15, 0.2) is 0 Å². The number of rotatable bonds is 8. The second-order valence-electron chi connectivity index (χ2n) is 12.1. The maximum atomic E-state index is 13.7. The lowest BCUT2D eigenvalue weighted by atomic mass is 9.73. The summed E-state index contributed by atoms with van der Waals surface area (Å²) in [4.78, 5) is 30.6. The van der Waals surface area contributed by atoms with Crippen LogP contribution in [0.1, 0.15) is 64.7 Å². The number of hydrogen-bond acceptors (Lipinski definition) is 5. The van der Waals surface area contributed by atoms with Crippen LogP contribution >= 0.6 is 0 Å². The van der Waals surface area contributed by atoms with Crippen LogP contribution in [0.15, 0.2) is 79.4 Å². The molecule has 1 heterocycles. The smallest absolute Gasteiger partial charge is 0.379 e. The van der Waals surface area contributed by atoms with Crippen LogP contribution in [0.4, 0.5) is 18.9 Å². The number of anilines is 1. The summed E-state index contributed by atoms with van der Waals surface area (Å²) in [6.07, 6.45) is -0.925. The average Bonchev–Trinajstić information content (AvgIpc) is 3.08. The molecule has 0 bridgehead atoms. The van der Waals surface area contributed by atoms with Crippen molar-refractivity contribution in [1.82, 2.24) is 9.80 Å². The monoisotopic (exact) mass is 630 g/mol. The van der Waals surface area contributed by atoms with E-state index < -0.39 is 28.8 Å². The van der Waals surface area contributed by atoms with Gasteiger partial charge in [-0.1, -0.05) is 62.2 Å². The van der Waals surface area contributed by atoms with E-state index in [1.165, 1.54) is 12.1 Å². The molecule has 1 atom stereocenters. The van der Waals surface area contributed by atoms with Crippen LogP contribution in [0.25, 0.3) is 5.70 Å². The third kappa shape index (κ3) is 7.26. The van der Waals surface area contributed by atoms with Gasteiger partial charge in [-0.2, -0.15) is 18.4 Å². The quantitative estimate of drug-likeness (QED) is 0.296. The topological polar surface area (TPSA) is 96.7 Å². The molecule has 10 heteroatoms. The van der Waals surface area contributed by atoms with Gasteiger partial charge in [0.25, 0.3) is 11.8 Å². The van der Waals surface area contributed by atoms with Crippen molar-refractivity contribution in [3.8, 4) is 6.07 Å². The van der Waals surface area contributed by atoms with E-state index in [1.807, 2.05) is 47.4 Å². The molecule has 2 N–H and O–H groups in total. The number of nitriles is 1. The largest absolute Gasteiger partial charge is 0.417 e. The number of piperazine rings is 1. The number of carbonyl (C=O) groups excluding carboxylic acids is 2. The number of amides is 2.